The summed E-state index contributed by atoms with van der Waals surface area (Å²) in [5, 5.41) is 4.40. The van der Waals surface area contributed by atoms with Crippen molar-refractivity contribution in [2.75, 3.05) is 5.73 Å². The van der Waals surface area contributed by atoms with E-state index >= 15 is 0 Å². The second-order valence-corrected chi connectivity index (χ2v) is 3.70. The summed E-state index contributed by atoms with van der Waals surface area (Å²) in [6.07, 6.45) is 1.90. The van der Waals surface area contributed by atoms with Crippen molar-refractivity contribution >= 4 is 18.1 Å². The molecule has 0 radical (unpaired) electrons. The third-order valence-corrected chi connectivity index (χ3v) is 1.87. The number of nitrogen functional groups attached to an aromatic ring is 1. The lowest BCUT2D eigenvalue weighted by Gasteiger charge is -2.04. The van der Waals surface area contributed by atoms with E-state index in [0.29, 0.717) is 12.0 Å². The second kappa shape index (κ2) is 4.51. The molecule has 0 atom stereocenters. The molecule has 0 aromatic carbocycles. The fourth-order valence-corrected chi connectivity index (χ4v) is 1.13. The first-order valence-corrected chi connectivity index (χ1v) is 4.37. The van der Waals surface area contributed by atoms with Gasteiger partial charge in [0.15, 0.2) is 0 Å². The van der Waals surface area contributed by atoms with Crippen LogP contribution in [0.2, 0.25) is 0 Å². The van der Waals surface area contributed by atoms with Gasteiger partial charge in [0.05, 0.1) is 11.4 Å². The summed E-state index contributed by atoms with van der Waals surface area (Å²) in [4.78, 5) is 0. The van der Waals surface area contributed by atoms with Crippen molar-refractivity contribution in [2.45, 2.75) is 39.7 Å². The SMILES string of the molecule is CC(C)c1nn(C(C)C)cc1N.Cl. The molecule has 1 aromatic rings. The topological polar surface area (TPSA) is 43.8 Å². The van der Waals surface area contributed by atoms with Crippen molar-refractivity contribution in [1.82, 2.24) is 9.78 Å². The van der Waals surface area contributed by atoms with E-state index in [0.717, 1.165) is 11.4 Å². The Kier molecular flexibility index (Phi) is 4.27. The molecule has 0 aliphatic heterocycles. The predicted molar refractivity (Wildman–Crippen MR) is 58.4 cm³/mol. The van der Waals surface area contributed by atoms with Gasteiger partial charge in [0.1, 0.15) is 0 Å². The molecule has 0 amide bonds. The highest BCUT2D eigenvalue weighted by atomic mass is 35.5. The summed E-state index contributed by atoms with van der Waals surface area (Å²) < 4.78 is 1.91. The first-order valence-electron chi connectivity index (χ1n) is 4.37. The molecule has 0 aliphatic rings. The minimum atomic E-state index is 0. The van der Waals surface area contributed by atoms with Crippen molar-refractivity contribution in [3.8, 4) is 0 Å². The highest BCUT2D eigenvalue weighted by Crippen LogP contribution is 2.20. The van der Waals surface area contributed by atoms with Crippen LogP contribution in [0.5, 0.6) is 0 Å². The van der Waals surface area contributed by atoms with E-state index in [2.05, 4.69) is 32.8 Å². The van der Waals surface area contributed by atoms with E-state index in [4.69, 9.17) is 5.73 Å². The Morgan fingerprint density at radius 3 is 2.08 bits per heavy atom. The lowest BCUT2D eigenvalue weighted by atomic mass is 10.1. The third kappa shape index (κ3) is 2.62. The first-order chi connectivity index (χ1) is 5.52. The van der Waals surface area contributed by atoms with Crippen LogP contribution in [-0.4, -0.2) is 9.78 Å². The molecule has 2 N–H and O–H groups in total. The third-order valence-electron chi connectivity index (χ3n) is 1.87. The summed E-state index contributed by atoms with van der Waals surface area (Å²) in [7, 11) is 0. The van der Waals surface area contributed by atoms with E-state index in [1.165, 1.54) is 0 Å². The largest absolute Gasteiger partial charge is 0.396 e. The quantitative estimate of drug-likeness (QED) is 0.803. The van der Waals surface area contributed by atoms with Gasteiger partial charge in [0.2, 0.25) is 0 Å². The number of nitrogens with zero attached hydrogens (tertiary/aromatic N) is 2. The number of halogens is 1. The molecule has 1 rings (SSSR count). The van der Waals surface area contributed by atoms with Crippen LogP contribution in [-0.2, 0) is 0 Å². The average Bonchev–Trinajstić information content (AvgIpc) is 2.30. The van der Waals surface area contributed by atoms with E-state index in [9.17, 15) is 0 Å². The highest BCUT2D eigenvalue weighted by Gasteiger charge is 2.10. The van der Waals surface area contributed by atoms with Gasteiger partial charge in [0.25, 0.3) is 0 Å². The van der Waals surface area contributed by atoms with Crippen molar-refractivity contribution in [3.63, 3.8) is 0 Å². The van der Waals surface area contributed by atoms with Crippen LogP contribution in [0.1, 0.15) is 45.3 Å². The zero-order valence-electron chi connectivity index (χ0n) is 8.61. The fraction of sp³-hybridized carbons (Fsp3) is 0.667. The maximum atomic E-state index is 5.80. The van der Waals surface area contributed by atoms with Gasteiger partial charge in [-0.05, 0) is 19.8 Å². The molecule has 0 bridgehead atoms. The summed E-state index contributed by atoms with van der Waals surface area (Å²) in [5.74, 6) is 0.407. The molecule has 0 spiro atoms. The van der Waals surface area contributed by atoms with Gasteiger partial charge in [-0.3, -0.25) is 4.68 Å². The van der Waals surface area contributed by atoms with Gasteiger partial charge in [-0.25, -0.2) is 0 Å². The zero-order chi connectivity index (χ0) is 9.30. The van der Waals surface area contributed by atoms with E-state index in [1.54, 1.807) is 0 Å². The summed E-state index contributed by atoms with van der Waals surface area (Å²) >= 11 is 0. The molecule has 13 heavy (non-hydrogen) atoms. The Bertz CT molecular complexity index is 266. The molecule has 0 aliphatic carbocycles. The van der Waals surface area contributed by atoms with Gasteiger partial charge in [-0.2, -0.15) is 5.10 Å². The summed E-state index contributed by atoms with van der Waals surface area (Å²) in [6.45, 7) is 8.39. The molecule has 1 heterocycles. The van der Waals surface area contributed by atoms with Crippen molar-refractivity contribution in [2.24, 2.45) is 0 Å². The molecule has 3 nitrogen and oxygen atoms in total. The minimum Gasteiger partial charge on any atom is -0.396 e. The molecular formula is C9H18ClN3. The number of rotatable bonds is 2. The Morgan fingerprint density at radius 2 is 1.85 bits per heavy atom. The van der Waals surface area contributed by atoms with Crippen LogP contribution < -0.4 is 5.73 Å². The van der Waals surface area contributed by atoms with Crippen molar-refractivity contribution in [1.29, 1.82) is 0 Å². The fourth-order valence-electron chi connectivity index (χ4n) is 1.13. The number of nitrogens with two attached hydrogens (primary N) is 1. The molecule has 0 saturated carbocycles. The molecule has 0 unspecified atom stereocenters. The van der Waals surface area contributed by atoms with Crippen LogP contribution >= 0.6 is 12.4 Å². The van der Waals surface area contributed by atoms with Gasteiger partial charge in [-0.1, -0.05) is 13.8 Å². The summed E-state index contributed by atoms with van der Waals surface area (Å²) in [5.41, 5.74) is 7.60. The summed E-state index contributed by atoms with van der Waals surface area (Å²) in [6, 6.07) is 0.389. The Labute approximate surface area is 85.7 Å². The Hall–Kier alpha value is -0.700. The number of aromatic nitrogens is 2. The van der Waals surface area contributed by atoms with E-state index in [1.807, 2.05) is 10.9 Å². The van der Waals surface area contributed by atoms with Crippen molar-refractivity contribution in [3.05, 3.63) is 11.9 Å². The maximum Gasteiger partial charge on any atom is 0.0879 e. The van der Waals surface area contributed by atoms with Gasteiger partial charge in [0, 0.05) is 12.2 Å². The van der Waals surface area contributed by atoms with Gasteiger partial charge in [-0.15, -0.1) is 12.4 Å². The van der Waals surface area contributed by atoms with Crippen LogP contribution in [0.4, 0.5) is 5.69 Å². The predicted octanol–water partition coefficient (Wildman–Crippen LogP) is 2.59. The standard InChI is InChI=1S/C9H17N3.ClH/c1-6(2)9-8(10)5-12(11-9)7(3)4;/h5-7H,10H2,1-4H3;1H. The normalized spacial score (nSPS) is 10.6. The molecular weight excluding hydrogens is 186 g/mol. The lowest BCUT2D eigenvalue weighted by molar-refractivity contribution is 0.523. The van der Waals surface area contributed by atoms with Crippen LogP contribution in [0, 0.1) is 0 Å². The lowest BCUT2D eigenvalue weighted by Crippen LogP contribution is -2.02. The van der Waals surface area contributed by atoms with Gasteiger partial charge >= 0.3 is 0 Å². The highest BCUT2D eigenvalue weighted by molar-refractivity contribution is 5.85. The second-order valence-electron chi connectivity index (χ2n) is 3.70. The average molecular weight is 204 g/mol. The maximum absolute atomic E-state index is 5.80. The van der Waals surface area contributed by atoms with Crippen LogP contribution in [0.3, 0.4) is 0 Å². The van der Waals surface area contributed by atoms with E-state index < -0.39 is 0 Å². The minimum absolute atomic E-state index is 0. The zero-order valence-corrected chi connectivity index (χ0v) is 9.43. The van der Waals surface area contributed by atoms with Crippen LogP contribution in [0.25, 0.3) is 0 Å². The molecule has 76 valence electrons. The smallest absolute Gasteiger partial charge is 0.0879 e. The number of anilines is 1. The Balaban J connectivity index is 0.00000144. The van der Waals surface area contributed by atoms with Gasteiger partial charge < -0.3 is 5.73 Å². The molecule has 1 aromatic heterocycles. The van der Waals surface area contributed by atoms with Crippen molar-refractivity contribution < 1.29 is 0 Å². The first kappa shape index (κ1) is 12.3. The number of hydrogen-bond donors (Lipinski definition) is 1. The molecule has 4 heteroatoms. The number of hydrogen-bond acceptors (Lipinski definition) is 2. The Morgan fingerprint density at radius 1 is 1.31 bits per heavy atom. The monoisotopic (exact) mass is 203 g/mol. The molecule has 0 saturated heterocycles. The van der Waals surface area contributed by atoms with Crippen LogP contribution in [0.15, 0.2) is 6.20 Å². The molecule has 0 fully saturated rings. The van der Waals surface area contributed by atoms with E-state index in [-0.39, 0.29) is 12.4 Å².